The summed E-state index contributed by atoms with van der Waals surface area (Å²) in [6.07, 6.45) is 9.64. The predicted molar refractivity (Wildman–Crippen MR) is 82.4 cm³/mol. The van der Waals surface area contributed by atoms with E-state index in [4.69, 9.17) is 5.73 Å². The molecule has 0 aromatic heterocycles. The van der Waals surface area contributed by atoms with Gasteiger partial charge in [0.2, 0.25) is 0 Å². The minimum Gasteiger partial charge on any atom is -0.329 e. The molecule has 1 aliphatic heterocycles. The van der Waals surface area contributed by atoms with Gasteiger partial charge < -0.3 is 5.73 Å². The summed E-state index contributed by atoms with van der Waals surface area (Å²) in [5.41, 5.74) is 6.56. The number of hydrogen-bond acceptors (Lipinski definition) is 3. The Kier molecular flexibility index (Phi) is 5.67. The lowest BCUT2D eigenvalue weighted by Gasteiger charge is -2.50. The van der Waals surface area contributed by atoms with E-state index in [1.54, 1.807) is 0 Å². The van der Waals surface area contributed by atoms with Gasteiger partial charge >= 0.3 is 0 Å². The zero-order chi connectivity index (χ0) is 13.7. The van der Waals surface area contributed by atoms with E-state index in [9.17, 15) is 0 Å². The standard InChI is InChI=1S/C16H33N3/c1-3-18-11-12-19(13-15(18)2)16(14-17)9-7-5-4-6-8-10-16/h15H,3-14,17H2,1-2H3. The van der Waals surface area contributed by atoms with Gasteiger partial charge in [-0.25, -0.2) is 0 Å². The fourth-order valence-electron chi connectivity index (χ4n) is 4.11. The summed E-state index contributed by atoms with van der Waals surface area (Å²) in [4.78, 5) is 5.35. The van der Waals surface area contributed by atoms with E-state index in [0.29, 0.717) is 11.6 Å². The van der Waals surface area contributed by atoms with Crippen molar-refractivity contribution in [3.05, 3.63) is 0 Å². The molecule has 1 saturated carbocycles. The number of piperazine rings is 1. The van der Waals surface area contributed by atoms with Gasteiger partial charge in [0.15, 0.2) is 0 Å². The van der Waals surface area contributed by atoms with Gasteiger partial charge in [0, 0.05) is 37.8 Å². The van der Waals surface area contributed by atoms with Crippen LogP contribution in [0.1, 0.15) is 58.8 Å². The Bertz CT molecular complexity index is 259. The molecular weight excluding hydrogens is 234 g/mol. The lowest BCUT2D eigenvalue weighted by atomic mass is 9.81. The van der Waals surface area contributed by atoms with Crippen molar-refractivity contribution in [2.45, 2.75) is 70.4 Å². The molecule has 2 rings (SSSR count). The van der Waals surface area contributed by atoms with Crippen LogP contribution in [-0.4, -0.2) is 54.1 Å². The second-order valence-corrected chi connectivity index (χ2v) is 6.62. The third kappa shape index (κ3) is 3.50. The maximum atomic E-state index is 6.25. The summed E-state index contributed by atoms with van der Waals surface area (Å²) in [7, 11) is 0. The molecule has 1 heterocycles. The van der Waals surface area contributed by atoms with Crippen LogP contribution in [0.25, 0.3) is 0 Å². The number of nitrogens with zero attached hydrogens (tertiary/aromatic N) is 2. The Morgan fingerprint density at radius 1 is 1.05 bits per heavy atom. The third-order valence-corrected chi connectivity index (χ3v) is 5.51. The first-order chi connectivity index (χ1) is 9.22. The summed E-state index contributed by atoms with van der Waals surface area (Å²) < 4.78 is 0. The van der Waals surface area contributed by atoms with Crippen LogP contribution in [0.4, 0.5) is 0 Å². The topological polar surface area (TPSA) is 32.5 Å². The number of hydrogen-bond donors (Lipinski definition) is 1. The average molecular weight is 267 g/mol. The second kappa shape index (κ2) is 7.05. The quantitative estimate of drug-likeness (QED) is 0.852. The number of rotatable bonds is 3. The highest BCUT2D eigenvalue weighted by Crippen LogP contribution is 2.32. The fraction of sp³-hybridized carbons (Fsp3) is 1.00. The smallest absolute Gasteiger partial charge is 0.0332 e. The normalized spacial score (nSPS) is 30.8. The van der Waals surface area contributed by atoms with Crippen LogP contribution in [0.2, 0.25) is 0 Å². The Labute approximate surface area is 119 Å². The summed E-state index contributed by atoms with van der Waals surface area (Å²) in [5, 5.41) is 0. The predicted octanol–water partition coefficient (Wildman–Crippen LogP) is 2.45. The van der Waals surface area contributed by atoms with Gasteiger partial charge in [-0.2, -0.15) is 0 Å². The van der Waals surface area contributed by atoms with Gasteiger partial charge in [-0.05, 0) is 26.3 Å². The molecule has 0 aromatic carbocycles. The van der Waals surface area contributed by atoms with E-state index in [1.807, 2.05) is 0 Å². The molecule has 3 nitrogen and oxygen atoms in total. The van der Waals surface area contributed by atoms with Crippen LogP contribution in [0, 0.1) is 0 Å². The minimum atomic E-state index is 0.314. The first kappa shape index (κ1) is 15.3. The number of nitrogens with two attached hydrogens (primary N) is 1. The molecule has 1 aliphatic carbocycles. The highest BCUT2D eigenvalue weighted by Gasteiger charge is 2.38. The van der Waals surface area contributed by atoms with Gasteiger partial charge in [0.05, 0.1) is 0 Å². The third-order valence-electron chi connectivity index (χ3n) is 5.51. The molecular formula is C16H33N3. The Morgan fingerprint density at radius 3 is 2.21 bits per heavy atom. The van der Waals surface area contributed by atoms with Crippen molar-refractivity contribution in [2.75, 3.05) is 32.7 Å². The first-order valence-electron chi connectivity index (χ1n) is 8.41. The molecule has 1 saturated heterocycles. The van der Waals surface area contributed by atoms with Gasteiger partial charge in [-0.15, -0.1) is 0 Å². The molecule has 0 spiro atoms. The van der Waals surface area contributed by atoms with E-state index in [0.717, 1.165) is 6.54 Å². The van der Waals surface area contributed by atoms with E-state index in [-0.39, 0.29) is 0 Å². The van der Waals surface area contributed by atoms with Crippen molar-refractivity contribution < 1.29 is 0 Å². The molecule has 2 aliphatic rings. The van der Waals surface area contributed by atoms with Crippen molar-refractivity contribution in [2.24, 2.45) is 5.73 Å². The summed E-state index contributed by atoms with van der Waals surface area (Å²) in [5.74, 6) is 0. The zero-order valence-corrected chi connectivity index (χ0v) is 13.0. The molecule has 1 unspecified atom stereocenters. The highest BCUT2D eigenvalue weighted by molar-refractivity contribution is 4.96. The molecule has 0 aromatic rings. The first-order valence-corrected chi connectivity index (χ1v) is 8.41. The summed E-state index contributed by atoms with van der Waals surface area (Å²) in [6.45, 7) is 10.3. The lowest BCUT2D eigenvalue weighted by Crippen LogP contribution is -2.62. The van der Waals surface area contributed by atoms with Crippen molar-refractivity contribution in [3.8, 4) is 0 Å². The van der Waals surface area contributed by atoms with Crippen molar-refractivity contribution in [1.82, 2.24) is 9.80 Å². The average Bonchev–Trinajstić information content (AvgIpc) is 2.39. The molecule has 1 atom stereocenters. The zero-order valence-electron chi connectivity index (χ0n) is 13.0. The Morgan fingerprint density at radius 2 is 1.68 bits per heavy atom. The van der Waals surface area contributed by atoms with Gasteiger partial charge in [0.1, 0.15) is 0 Å². The minimum absolute atomic E-state index is 0.314. The fourth-order valence-corrected chi connectivity index (χ4v) is 4.11. The maximum Gasteiger partial charge on any atom is 0.0332 e. The van der Waals surface area contributed by atoms with Gasteiger partial charge in [-0.3, -0.25) is 9.80 Å². The van der Waals surface area contributed by atoms with Gasteiger partial charge in [0.25, 0.3) is 0 Å². The van der Waals surface area contributed by atoms with Crippen molar-refractivity contribution in [1.29, 1.82) is 0 Å². The molecule has 2 N–H and O–H groups in total. The molecule has 112 valence electrons. The van der Waals surface area contributed by atoms with Crippen molar-refractivity contribution >= 4 is 0 Å². The molecule has 0 amide bonds. The molecule has 0 bridgehead atoms. The maximum absolute atomic E-state index is 6.25. The highest BCUT2D eigenvalue weighted by atomic mass is 15.3. The van der Waals surface area contributed by atoms with Crippen molar-refractivity contribution in [3.63, 3.8) is 0 Å². The van der Waals surface area contributed by atoms with Crippen LogP contribution >= 0.6 is 0 Å². The largest absolute Gasteiger partial charge is 0.329 e. The lowest BCUT2D eigenvalue weighted by molar-refractivity contribution is -0.00334. The Hall–Kier alpha value is -0.120. The van der Waals surface area contributed by atoms with E-state index in [2.05, 4.69) is 23.6 Å². The Balaban J connectivity index is 2.03. The van der Waals surface area contributed by atoms with E-state index in [1.165, 1.54) is 71.1 Å². The monoisotopic (exact) mass is 267 g/mol. The summed E-state index contributed by atoms with van der Waals surface area (Å²) in [6, 6.07) is 0.688. The molecule has 0 radical (unpaired) electrons. The van der Waals surface area contributed by atoms with Gasteiger partial charge in [-0.1, -0.05) is 39.0 Å². The second-order valence-electron chi connectivity index (χ2n) is 6.62. The SMILES string of the molecule is CCN1CCN(C2(CN)CCCCCCC2)CC1C. The molecule has 19 heavy (non-hydrogen) atoms. The van der Waals surface area contributed by atoms with E-state index < -0.39 is 0 Å². The number of likely N-dealkylation sites (N-methyl/N-ethyl adjacent to an activating group) is 1. The molecule has 3 heteroatoms. The van der Waals surface area contributed by atoms with Crippen LogP contribution in [0.3, 0.4) is 0 Å². The molecule has 2 fully saturated rings. The van der Waals surface area contributed by atoms with Crippen LogP contribution in [-0.2, 0) is 0 Å². The van der Waals surface area contributed by atoms with Crippen LogP contribution < -0.4 is 5.73 Å². The van der Waals surface area contributed by atoms with Crippen LogP contribution in [0.15, 0.2) is 0 Å². The van der Waals surface area contributed by atoms with E-state index >= 15 is 0 Å². The summed E-state index contributed by atoms with van der Waals surface area (Å²) >= 11 is 0. The van der Waals surface area contributed by atoms with Crippen LogP contribution in [0.5, 0.6) is 0 Å².